The van der Waals surface area contributed by atoms with Crippen LogP contribution in [0.5, 0.6) is 0 Å². The summed E-state index contributed by atoms with van der Waals surface area (Å²) in [5, 5.41) is 10.7. The van der Waals surface area contributed by atoms with Gasteiger partial charge >= 0.3 is 0 Å². The Bertz CT molecular complexity index is 1010. The lowest BCUT2D eigenvalue weighted by Crippen LogP contribution is -2.12. The third-order valence-electron chi connectivity index (χ3n) is 3.26. The Labute approximate surface area is 127 Å². The van der Waals surface area contributed by atoms with Crippen molar-refractivity contribution in [2.24, 2.45) is 0 Å². The average molecular weight is 312 g/mol. The molecule has 4 rings (SSSR count). The van der Waals surface area contributed by atoms with Crippen LogP contribution in [0, 0.1) is 5.82 Å². The van der Waals surface area contributed by atoms with Gasteiger partial charge in [-0.1, -0.05) is 29.5 Å². The molecule has 2 heterocycles. The molecule has 0 aliphatic carbocycles. The molecule has 0 radical (unpaired) electrons. The van der Waals surface area contributed by atoms with Gasteiger partial charge in [-0.3, -0.25) is 15.2 Å². The summed E-state index contributed by atoms with van der Waals surface area (Å²) in [4.78, 5) is 16.6. The predicted octanol–water partition coefficient (Wildman–Crippen LogP) is 3.56. The molecular weight excluding hydrogens is 303 g/mol. The second-order valence-corrected chi connectivity index (χ2v) is 5.73. The third kappa shape index (κ3) is 2.11. The molecule has 108 valence electrons. The first kappa shape index (κ1) is 12.9. The molecule has 0 saturated heterocycles. The normalized spacial score (nSPS) is 11.1. The highest BCUT2D eigenvalue weighted by atomic mass is 32.1. The molecule has 0 aliphatic rings. The second-order valence-electron chi connectivity index (χ2n) is 4.70. The summed E-state index contributed by atoms with van der Waals surface area (Å²) >= 11 is 1.22. The van der Waals surface area contributed by atoms with Crippen molar-refractivity contribution in [1.29, 1.82) is 0 Å². The molecular formula is C15H9FN4OS. The van der Waals surface area contributed by atoms with Crippen LogP contribution in [-0.4, -0.2) is 21.1 Å². The van der Waals surface area contributed by atoms with Crippen molar-refractivity contribution in [3.8, 4) is 0 Å². The lowest BCUT2D eigenvalue weighted by molar-refractivity contribution is 0.102. The van der Waals surface area contributed by atoms with Gasteiger partial charge in [0.2, 0.25) is 0 Å². The Morgan fingerprint density at radius 1 is 1.23 bits per heavy atom. The van der Waals surface area contributed by atoms with E-state index < -0.39 is 0 Å². The summed E-state index contributed by atoms with van der Waals surface area (Å²) in [6.45, 7) is 0. The van der Waals surface area contributed by atoms with Gasteiger partial charge in [0.05, 0.1) is 15.7 Å². The van der Waals surface area contributed by atoms with Crippen LogP contribution in [0.3, 0.4) is 0 Å². The van der Waals surface area contributed by atoms with E-state index in [1.54, 1.807) is 6.07 Å². The Hall–Kier alpha value is -2.80. The number of anilines is 1. The number of amides is 1. The third-order valence-corrected chi connectivity index (χ3v) is 4.19. The molecule has 0 atom stereocenters. The van der Waals surface area contributed by atoms with E-state index >= 15 is 0 Å². The van der Waals surface area contributed by atoms with Crippen molar-refractivity contribution < 1.29 is 9.18 Å². The largest absolute Gasteiger partial charge is 0.296 e. The number of carbonyl (C=O) groups is 1. The van der Waals surface area contributed by atoms with E-state index in [1.807, 2.05) is 24.3 Å². The van der Waals surface area contributed by atoms with E-state index in [1.165, 1.54) is 23.5 Å². The molecule has 0 fully saturated rings. The molecule has 22 heavy (non-hydrogen) atoms. The number of aromatic amines is 1. The SMILES string of the molecule is O=C(Nc1nc2ccc(F)cc2s1)c1n[nH]c2ccccc12. The predicted molar refractivity (Wildman–Crippen MR) is 83.6 cm³/mol. The van der Waals surface area contributed by atoms with Crippen LogP contribution in [0.1, 0.15) is 10.5 Å². The summed E-state index contributed by atoms with van der Waals surface area (Å²) in [6.07, 6.45) is 0. The van der Waals surface area contributed by atoms with Crippen molar-refractivity contribution in [2.45, 2.75) is 0 Å². The van der Waals surface area contributed by atoms with E-state index in [2.05, 4.69) is 20.5 Å². The Morgan fingerprint density at radius 2 is 2.09 bits per heavy atom. The molecule has 0 saturated carbocycles. The topological polar surface area (TPSA) is 70.7 Å². The summed E-state index contributed by atoms with van der Waals surface area (Å²) < 4.78 is 13.9. The number of fused-ring (bicyclic) bond motifs is 2. The maximum atomic E-state index is 13.2. The van der Waals surface area contributed by atoms with Gasteiger partial charge in [-0.2, -0.15) is 5.10 Å². The lowest BCUT2D eigenvalue weighted by atomic mass is 10.2. The highest BCUT2D eigenvalue weighted by Crippen LogP contribution is 2.27. The van der Waals surface area contributed by atoms with E-state index in [0.29, 0.717) is 21.0 Å². The molecule has 0 aliphatic heterocycles. The second kappa shape index (κ2) is 4.88. The standard InChI is InChI=1S/C15H9FN4OS/c16-8-5-6-11-12(7-8)22-15(17-11)18-14(21)13-9-3-1-2-4-10(9)19-20-13/h1-7H,(H,19,20)(H,17,18,21). The van der Waals surface area contributed by atoms with E-state index in [4.69, 9.17) is 0 Å². The van der Waals surface area contributed by atoms with Crippen LogP contribution in [0.4, 0.5) is 9.52 Å². The van der Waals surface area contributed by atoms with E-state index in [-0.39, 0.29) is 11.7 Å². The highest BCUT2D eigenvalue weighted by molar-refractivity contribution is 7.22. The number of thiazole rings is 1. The fraction of sp³-hybridized carbons (Fsp3) is 0. The highest BCUT2D eigenvalue weighted by Gasteiger charge is 2.15. The number of H-pyrrole nitrogens is 1. The maximum absolute atomic E-state index is 13.2. The lowest BCUT2D eigenvalue weighted by Gasteiger charge is -1.98. The fourth-order valence-electron chi connectivity index (χ4n) is 2.24. The van der Waals surface area contributed by atoms with Crippen molar-refractivity contribution in [2.75, 3.05) is 5.32 Å². The Morgan fingerprint density at radius 3 is 3.00 bits per heavy atom. The number of halogens is 1. The number of hydrogen-bond donors (Lipinski definition) is 2. The molecule has 0 unspecified atom stereocenters. The van der Waals surface area contributed by atoms with E-state index in [9.17, 15) is 9.18 Å². The minimum Gasteiger partial charge on any atom is -0.296 e. The van der Waals surface area contributed by atoms with E-state index in [0.717, 1.165) is 10.9 Å². The van der Waals surface area contributed by atoms with Crippen molar-refractivity contribution in [3.05, 3.63) is 54.0 Å². The van der Waals surface area contributed by atoms with Crippen LogP contribution in [0.25, 0.3) is 21.1 Å². The van der Waals surface area contributed by atoms with Gasteiger partial charge in [0, 0.05) is 5.39 Å². The number of hydrogen-bond acceptors (Lipinski definition) is 4. The number of aromatic nitrogens is 3. The number of nitrogens with zero attached hydrogens (tertiary/aromatic N) is 2. The fourth-order valence-corrected chi connectivity index (χ4v) is 3.13. The number of para-hydroxylation sites is 1. The maximum Gasteiger partial charge on any atom is 0.278 e. The zero-order chi connectivity index (χ0) is 15.1. The molecule has 0 bridgehead atoms. The minimum absolute atomic E-state index is 0.307. The number of rotatable bonds is 2. The Kier molecular flexibility index (Phi) is 2.87. The van der Waals surface area contributed by atoms with Crippen LogP contribution in [0.2, 0.25) is 0 Å². The van der Waals surface area contributed by atoms with Crippen LogP contribution < -0.4 is 5.32 Å². The van der Waals surface area contributed by atoms with Gasteiger partial charge < -0.3 is 0 Å². The minimum atomic E-state index is -0.350. The van der Waals surface area contributed by atoms with Crippen LogP contribution in [-0.2, 0) is 0 Å². The van der Waals surface area contributed by atoms with Gasteiger partial charge in [0.25, 0.3) is 5.91 Å². The number of carbonyl (C=O) groups excluding carboxylic acids is 1. The average Bonchev–Trinajstić information content (AvgIpc) is 3.09. The van der Waals surface area contributed by atoms with Crippen LogP contribution in [0.15, 0.2) is 42.5 Å². The van der Waals surface area contributed by atoms with Gasteiger partial charge in [0.1, 0.15) is 5.82 Å². The molecule has 4 aromatic rings. The summed E-state index contributed by atoms with van der Waals surface area (Å²) in [5.74, 6) is -0.677. The molecule has 0 spiro atoms. The quantitative estimate of drug-likeness (QED) is 0.594. The van der Waals surface area contributed by atoms with Crippen molar-refractivity contribution in [3.63, 3.8) is 0 Å². The first-order chi connectivity index (χ1) is 10.7. The van der Waals surface area contributed by atoms with Gasteiger partial charge in [-0.15, -0.1) is 0 Å². The van der Waals surface area contributed by atoms with Gasteiger partial charge in [-0.25, -0.2) is 9.37 Å². The van der Waals surface area contributed by atoms with Crippen LogP contribution >= 0.6 is 11.3 Å². The summed E-state index contributed by atoms with van der Waals surface area (Å²) in [7, 11) is 0. The molecule has 7 heteroatoms. The first-order valence-electron chi connectivity index (χ1n) is 6.51. The summed E-state index contributed by atoms with van der Waals surface area (Å²) in [5.41, 5.74) is 1.74. The zero-order valence-electron chi connectivity index (χ0n) is 11.1. The monoisotopic (exact) mass is 312 g/mol. The molecule has 1 amide bonds. The summed E-state index contributed by atoms with van der Waals surface area (Å²) in [6, 6.07) is 11.7. The molecule has 2 aromatic carbocycles. The smallest absolute Gasteiger partial charge is 0.278 e. The number of nitrogens with one attached hydrogen (secondary N) is 2. The first-order valence-corrected chi connectivity index (χ1v) is 7.33. The molecule has 2 aromatic heterocycles. The van der Waals surface area contributed by atoms with Gasteiger partial charge in [-0.05, 0) is 24.3 Å². The zero-order valence-corrected chi connectivity index (χ0v) is 11.9. The van der Waals surface area contributed by atoms with Crippen molar-refractivity contribution in [1.82, 2.24) is 15.2 Å². The van der Waals surface area contributed by atoms with Gasteiger partial charge in [0.15, 0.2) is 10.8 Å². The van der Waals surface area contributed by atoms with Crippen molar-refractivity contribution >= 4 is 43.5 Å². The number of benzene rings is 2. The molecule has 5 nitrogen and oxygen atoms in total. The molecule has 2 N–H and O–H groups in total. The Balaban J connectivity index is 1.68.